The van der Waals surface area contributed by atoms with E-state index < -0.39 is 10.2 Å². The minimum absolute atomic E-state index is 0.0394. The molecule has 0 aromatic heterocycles. The SMILES string of the molecule is C[C@H]1C[C@H](c2ccc(F)cc2)CN1S(=O)(=O)N(C)C. The predicted octanol–water partition coefficient (Wildman–Crippen LogP) is 1.81. The second-order valence-electron chi connectivity index (χ2n) is 5.19. The molecule has 0 saturated carbocycles. The van der Waals surface area contributed by atoms with Crippen molar-refractivity contribution in [3.05, 3.63) is 35.6 Å². The van der Waals surface area contributed by atoms with Crippen LogP contribution in [0.1, 0.15) is 24.8 Å². The highest BCUT2D eigenvalue weighted by Gasteiger charge is 2.38. The van der Waals surface area contributed by atoms with Crippen molar-refractivity contribution in [3.8, 4) is 0 Å². The molecule has 1 aliphatic rings. The predicted molar refractivity (Wildman–Crippen MR) is 72.5 cm³/mol. The van der Waals surface area contributed by atoms with Gasteiger partial charge in [-0.2, -0.15) is 17.0 Å². The average molecular weight is 286 g/mol. The molecule has 0 amide bonds. The summed E-state index contributed by atoms with van der Waals surface area (Å²) < 4.78 is 40.0. The van der Waals surface area contributed by atoms with Crippen molar-refractivity contribution in [2.24, 2.45) is 0 Å². The number of halogens is 1. The van der Waals surface area contributed by atoms with E-state index >= 15 is 0 Å². The minimum atomic E-state index is -3.38. The molecule has 6 heteroatoms. The highest BCUT2D eigenvalue weighted by Crippen LogP contribution is 2.33. The van der Waals surface area contributed by atoms with E-state index in [4.69, 9.17) is 0 Å². The summed E-state index contributed by atoms with van der Waals surface area (Å²) in [6, 6.07) is 6.27. The first kappa shape index (κ1) is 14.4. The smallest absolute Gasteiger partial charge is 0.207 e. The van der Waals surface area contributed by atoms with Crippen molar-refractivity contribution in [1.82, 2.24) is 8.61 Å². The van der Waals surface area contributed by atoms with Gasteiger partial charge in [0.15, 0.2) is 0 Å². The number of rotatable bonds is 3. The Morgan fingerprint density at radius 2 is 1.84 bits per heavy atom. The Morgan fingerprint density at radius 3 is 2.37 bits per heavy atom. The molecule has 19 heavy (non-hydrogen) atoms. The van der Waals surface area contributed by atoms with E-state index in [1.165, 1.54) is 34.8 Å². The molecular formula is C13H19FN2O2S. The first-order valence-corrected chi connectivity index (χ1v) is 7.67. The van der Waals surface area contributed by atoms with Crippen LogP contribution in [0.25, 0.3) is 0 Å². The Labute approximate surface area is 114 Å². The third-order valence-corrected chi connectivity index (χ3v) is 5.64. The Hall–Kier alpha value is -0.980. The molecule has 1 saturated heterocycles. The van der Waals surface area contributed by atoms with Gasteiger partial charge in [-0.1, -0.05) is 12.1 Å². The average Bonchev–Trinajstić information content (AvgIpc) is 2.72. The highest BCUT2D eigenvalue weighted by molar-refractivity contribution is 7.86. The maximum Gasteiger partial charge on any atom is 0.281 e. The van der Waals surface area contributed by atoms with Crippen LogP contribution in [0, 0.1) is 5.82 Å². The Kier molecular flexibility index (Phi) is 3.94. The molecule has 1 heterocycles. The van der Waals surface area contributed by atoms with Crippen LogP contribution in [0.15, 0.2) is 24.3 Å². The van der Waals surface area contributed by atoms with Crippen LogP contribution in [0.4, 0.5) is 4.39 Å². The van der Waals surface area contributed by atoms with Gasteiger partial charge in [0.2, 0.25) is 0 Å². The molecule has 1 aliphatic heterocycles. The summed E-state index contributed by atoms with van der Waals surface area (Å²) in [5, 5.41) is 0. The van der Waals surface area contributed by atoms with Crippen LogP contribution in [0.3, 0.4) is 0 Å². The normalized spacial score (nSPS) is 25.1. The second-order valence-corrected chi connectivity index (χ2v) is 7.29. The van der Waals surface area contributed by atoms with Crippen LogP contribution in [-0.2, 0) is 10.2 Å². The summed E-state index contributed by atoms with van der Waals surface area (Å²) in [6.45, 7) is 2.36. The second kappa shape index (κ2) is 5.19. The zero-order chi connectivity index (χ0) is 14.2. The van der Waals surface area contributed by atoms with Crippen LogP contribution in [0.2, 0.25) is 0 Å². The lowest BCUT2D eigenvalue weighted by Gasteiger charge is -2.24. The molecule has 0 radical (unpaired) electrons. The molecule has 0 N–H and O–H groups in total. The van der Waals surface area contributed by atoms with Crippen LogP contribution in [0.5, 0.6) is 0 Å². The van der Waals surface area contributed by atoms with Gasteiger partial charge < -0.3 is 0 Å². The summed E-state index contributed by atoms with van der Waals surface area (Å²) >= 11 is 0. The van der Waals surface area contributed by atoms with Gasteiger partial charge in [-0.25, -0.2) is 4.39 Å². The third-order valence-electron chi connectivity index (χ3n) is 3.62. The lowest BCUT2D eigenvalue weighted by molar-refractivity contribution is 0.371. The molecule has 4 nitrogen and oxygen atoms in total. The molecule has 0 unspecified atom stereocenters. The zero-order valence-electron chi connectivity index (χ0n) is 11.4. The summed E-state index contributed by atoms with van der Waals surface area (Å²) in [4.78, 5) is 0. The fraction of sp³-hybridized carbons (Fsp3) is 0.538. The largest absolute Gasteiger partial charge is 0.281 e. The Bertz CT molecular complexity index is 542. The Balaban J connectivity index is 2.20. The fourth-order valence-electron chi connectivity index (χ4n) is 2.51. The van der Waals surface area contributed by atoms with Gasteiger partial charge in [0.05, 0.1) is 0 Å². The van der Waals surface area contributed by atoms with Crippen molar-refractivity contribution in [2.45, 2.75) is 25.3 Å². The van der Waals surface area contributed by atoms with Gasteiger partial charge in [0.1, 0.15) is 5.82 Å². The lowest BCUT2D eigenvalue weighted by atomic mass is 9.97. The number of nitrogens with zero attached hydrogens (tertiary/aromatic N) is 2. The van der Waals surface area contributed by atoms with Crippen molar-refractivity contribution in [2.75, 3.05) is 20.6 Å². The zero-order valence-corrected chi connectivity index (χ0v) is 12.2. The maximum atomic E-state index is 12.9. The first-order chi connectivity index (χ1) is 8.82. The highest BCUT2D eigenvalue weighted by atomic mass is 32.2. The molecule has 1 fully saturated rings. The van der Waals surface area contributed by atoms with Gasteiger partial charge in [-0.3, -0.25) is 0 Å². The number of hydrogen-bond acceptors (Lipinski definition) is 2. The molecule has 0 bridgehead atoms. The maximum absolute atomic E-state index is 12.9. The molecule has 1 aromatic rings. The van der Waals surface area contributed by atoms with Gasteiger partial charge in [0, 0.05) is 26.7 Å². The summed E-state index contributed by atoms with van der Waals surface area (Å²) in [5.41, 5.74) is 0.990. The molecule has 0 aliphatic carbocycles. The van der Waals surface area contributed by atoms with Gasteiger partial charge in [-0.05, 0) is 37.0 Å². The van der Waals surface area contributed by atoms with Gasteiger partial charge >= 0.3 is 0 Å². The summed E-state index contributed by atoms with van der Waals surface area (Å²) in [6.07, 6.45) is 0.763. The molecule has 106 valence electrons. The van der Waals surface area contributed by atoms with Crippen LogP contribution < -0.4 is 0 Å². The van der Waals surface area contributed by atoms with E-state index in [-0.39, 0.29) is 17.8 Å². The van der Waals surface area contributed by atoms with E-state index in [9.17, 15) is 12.8 Å². The minimum Gasteiger partial charge on any atom is -0.207 e. The van der Waals surface area contributed by atoms with Gasteiger partial charge in [-0.15, -0.1) is 0 Å². The fourth-order valence-corrected chi connectivity index (χ4v) is 3.84. The molecule has 1 aromatic carbocycles. The van der Waals surface area contributed by atoms with Gasteiger partial charge in [0.25, 0.3) is 10.2 Å². The van der Waals surface area contributed by atoms with E-state index in [1.54, 1.807) is 12.1 Å². The van der Waals surface area contributed by atoms with Crippen molar-refractivity contribution in [1.29, 1.82) is 0 Å². The standard InChI is InChI=1S/C13H19FN2O2S/c1-10-8-12(11-4-6-13(14)7-5-11)9-16(10)19(17,18)15(2)3/h4-7,10,12H,8-9H2,1-3H3/t10-,12-/m0/s1. The summed E-state index contributed by atoms with van der Waals surface area (Å²) in [5.74, 6) is -0.141. The summed E-state index contributed by atoms with van der Waals surface area (Å²) in [7, 11) is -0.312. The lowest BCUT2D eigenvalue weighted by Crippen LogP contribution is -2.41. The van der Waals surface area contributed by atoms with Crippen molar-refractivity contribution in [3.63, 3.8) is 0 Å². The number of hydrogen-bond donors (Lipinski definition) is 0. The van der Waals surface area contributed by atoms with Crippen LogP contribution >= 0.6 is 0 Å². The third kappa shape index (κ3) is 2.80. The Morgan fingerprint density at radius 1 is 1.26 bits per heavy atom. The quantitative estimate of drug-likeness (QED) is 0.850. The molecular weight excluding hydrogens is 267 g/mol. The molecule has 2 rings (SSSR count). The number of benzene rings is 1. The van der Waals surface area contributed by atoms with Crippen molar-refractivity contribution < 1.29 is 12.8 Å². The van der Waals surface area contributed by atoms with E-state index in [0.717, 1.165) is 12.0 Å². The topological polar surface area (TPSA) is 40.6 Å². The molecule has 2 atom stereocenters. The van der Waals surface area contributed by atoms with Crippen LogP contribution in [-0.4, -0.2) is 43.7 Å². The molecule has 0 spiro atoms. The van der Waals surface area contributed by atoms with E-state index in [0.29, 0.717) is 6.54 Å². The monoisotopic (exact) mass is 286 g/mol. The first-order valence-electron chi connectivity index (χ1n) is 6.27. The van der Waals surface area contributed by atoms with Crippen molar-refractivity contribution >= 4 is 10.2 Å². The van der Waals surface area contributed by atoms with E-state index in [2.05, 4.69) is 0 Å². The van der Waals surface area contributed by atoms with E-state index in [1.807, 2.05) is 6.92 Å².